The summed E-state index contributed by atoms with van der Waals surface area (Å²) in [4.78, 5) is 0. The van der Waals surface area contributed by atoms with E-state index in [-0.39, 0.29) is 0 Å². The highest BCUT2D eigenvalue weighted by Gasteiger charge is 1.87. The van der Waals surface area contributed by atoms with Gasteiger partial charge < -0.3 is 0 Å². The molecule has 0 saturated carbocycles. The van der Waals surface area contributed by atoms with Crippen LogP contribution >= 0.6 is 0 Å². The Hall–Kier alpha value is -0.780. The van der Waals surface area contributed by atoms with Crippen molar-refractivity contribution in [2.75, 3.05) is 0 Å². The lowest BCUT2D eigenvalue weighted by atomic mass is 10.1. The van der Waals surface area contributed by atoms with Crippen molar-refractivity contribution in [2.45, 2.75) is 33.1 Å². The van der Waals surface area contributed by atoms with Crippen LogP contribution in [0.25, 0.3) is 0 Å². The van der Waals surface area contributed by atoms with Crippen molar-refractivity contribution in [3.63, 3.8) is 0 Å². The van der Waals surface area contributed by atoms with Gasteiger partial charge in [0.1, 0.15) is 0 Å². The lowest BCUT2D eigenvalue weighted by molar-refractivity contribution is 0.918. The van der Waals surface area contributed by atoms with Crippen LogP contribution in [0.3, 0.4) is 0 Å². The van der Waals surface area contributed by atoms with Gasteiger partial charge in [0.25, 0.3) is 0 Å². The molecule has 0 aliphatic rings. The Morgan fingerprint density at radius 1 is 1.36 bits per heavy atom. The molecular formula is C11H18. The van der Waals surface area contributed by atoms with Crippen LogP contribution in [0.5, 0.6) is 0 Å². The summed E-state index contributed by atoms with van der Waals surface area (Å²) in [5, 5.41) is 0. The van der Waals surface area contributed by atoms with Crippen molar-refractivity contribution in [1.82, 2.24) is 0 Å². The lowest BCUT2D eigenvalue weighted by Gasteiger charge is -1.96. The summed E-state index contributed by atoms with van der Waals surface area (Å²) in [6.45, 7) is 8.00. The van der Waals surface area contributed by atoms with Gasteiger partial charge in [-0.1, -0.05) is 56.7 Å². The Morgan fingerprint density at radius 3 is 2.55 bits per heavy atom. The van der Waals surface area contributed by atoms with Gasteiger partial charge in [0.05, 0.1) is 0 Å². The van der Waals surface area contributed by atoms with Gasteiger partial charge in [0, 0.05) is 0 Å². The molecule has 0 unspecified atom stereocenters. The first-order chi connectivity index (χ1) is 5.35. The molecule has 0 bridgehead atoms. The molecule has 0 rings (SSSR count). The van der Waals surface area contributed by atoms with Crippen LogP contribution < -0.4 is 0 Å². The van der Waals surface area contributed by atoms with E-state index in [2.05, 4.69) is 32.6 Å². The zero-order valence-electron chi connectivity index (χ0n) is 7.64. The molecule has 0 saturated heterocycles. The van der Waals surface area contributed by atoms with E-state index >= 15 is 0 Å². The van der Waals surface area contributed by atoms with Gasteiger partial charge in [-0.15, -0.1) is 0 Å². The van der Waals surface area contributed by atoms with Gasteiger partial charge >= 0.3 is 0 Å². The highest BCUT2D eigenvalue weighted by atomic mass is 13.9. The fourth-order valence-electron chi connectivity index (χ4n) is 0.996. The van der Waals surface area contributed by atoms with Crippen LogP contribution in [0.15, 0.2) is 36.5 Å². The Kier molecular flexibility index (Phi) is 6.81. The molecule has 0 atom stereocenters. The highest BCUT2D eigenvalue weighted by Crippen LogP contribution is 2.07. The van der Waals surface area contributed by atoms with Gasteiger partial charge in [0.15, 0.2) is 0 Å². The van der Waals surface area contributed by atoms with Gasteiger partial charge in [-0.25, -0.2) is 0 Å². The maximum absolute atomic E-state index is 3.64. The molecular weight excluding hydrogens is 132 g/mol. The molecule has 62 valence electrons. The predicted octanol–water partition coefficient (Wildman–Crippen LogP) is 3.87. The molecule has 0 aromatic heterocycles. The molecule has 0 radical (unpaired) electrons. The van der Waals surface area contributed by atoms with Crippen LogP contribution in [0.1, 0.15) is 33.1 Å². The molecule has 0 spiro atoms. The van der Waals surface area contributed by atoms with Crippen molar-refractivity contribution < 1.29 is 0 Å². The number of hydrogen-bond acceptors (Lipinski definition) is 0. The maximum atomic E-state index is 3.64. The molecule has 0 heterocycles. The average molecular weight is 150 g/mol. The monoisotopic (exact) mass is 150 g/mol. The lowest BCUT2D eigenvalue weighted by Crippen LogP contribution is -1.76. The van der Waals surface area contributed by atoms with Gasteiger partial charge in [-0.2, -0.15) is 0 Å². The second kappa shape index (κ2) is 7.33. The van der Waals surface area contributed by atoms with E-state index < -0.39 is 0 Å². The molecule has 0 nitrogen and oxygen atoms in total. The summed E-state index contributed by atoms with van der Waals surface area (Å²) in [5.74, 6) is 0. The fraction of sp³-hybridized carbons (Fsp3) is 0.455. The van der Waals surface area contributed by atoms with Gasteiger partial charge in [0.2, 0.25) is 0 Å². The number of hydrogen-bond donors (Lipinski definition) is 0. The van der Waals surface area contributed by atoms with E-state index in [0.29, 0.717) is 0 Å². The quantitative estimate of drug-likeness (QED) is 0.522. The third kappa shape index (κ3) is 5.65. The largest absolute Gasteiger partial charge is 0.0991 e. The molecule has 11 heavy (non-hydrogen) atoms. The minimum absolute atomic E-state index is 1.12. The molecule has 0 amide bonds. The minimum atomic E-state index is 1.12. The summed E-state index contributed by atoms with van der Waals surface area (Å²) in [6.07, 6.45) is 11.7. The first kappa shape index (κ1) is 10.2. The molecule has 0 aromatic rings. The Balaban J connectivity index is 3.98. The molecule has 0 aliphatic heterocycles. The zero-order valence-corrected chi connectivity index (χ0v) is 7.64. The van der Waals surface area contributed by atoms with E-state index in [0.717, 1.165) is 6.42 Å². The smallest absolute Gasteiger partial charge is 0.0285 e. The zero-order chi connectivity index (χ0) is 8.53. The number of allylic oxidation sites excluding steroid dienone is 5. The van der Waals surface area contributed by atoms with Crippen molar-refractivity contribution in [3.05, 3.63) is 36.5 Å². The molecule has 0 aliphatic carbocycles. The summed E-state index contributed by atoms with van der Waals surface area (Å²) in [5.41, 5.74) is 1.43. The van der Waals surface area contributed by atoms with Crippen molar-refractivity contribution in [1.29, 1.82) is 0 Å². The van der Waals surface area contributed by atoms with Crippen molar-refractivity contribution in [3.8, 4) is 0 Å². The van der Waals surface area contributed by atoms with Gasteiger partial charge in [-0.05, 0) is 12.8 Å². The number of rotatable bonds is 5. The van der Waals surface area contributed by atoms with E-state index in [4.69, 9.17) is 0 Å². The summed E-state index contributed by atoms with van der Waals surface area (Å²) in [7, 11) is 0. The molecule has 0 heteroatoms. The Bertz CT molecular complexity index is 149. The topological polar surface area (TPSA) is 0 Å². The van der Waals surface area contributed by atoms with Crippen LogP contribution in [-0.2, 0) is 0 Å². The normalized spacial score (nSPS) is 12.4. The highest BCUT2D eigenvalue weighted by molar-refractivity contribution is 5.21. The fourth-order valence-corrected chi connectivity index (χ4v) is 0.996. The third-order valence-electron chi connectivity index (χ3n) is 1.45. The van der Waals surface area contributed by atoms with E-state index in [1.54, 1.807) is 0 Å². The van der Waals surface area contributed by atoms with Gasteiger partial charge in [-0.3, -0.25) is 0 Å². The Labute approximate surface area is 70.3 Å². The third-order valence-corrected chi connectivity index (χ3v) is 1.45. The first-order valence-corrected chi connectivity index (χ1v) is 4.33. The predicted molar refractivity (Wildman–Crippen MR) is 52.6 cm³/mol. The second-order valence-corrected chi connectivity index (χ2v) is 2.53. The van der Waals surface area contributed by atoms with Crippen LogP contribution in [0.4, 0.5) is 0 Å². The van der Waals surface area contributed by atoms with E-state index in [9.17, 15) is 0 Å². The van der Waals surface area contributed by atoms with Crippen molar-refractivity contribution >= 4 is 0 Å². The standard InChI is InChI=1S/C11H18/c1-4-7-10-11(8-5-2)9-6-3/h4,7-8,10H,1,5-6,9H2,2-3H3/b10-7-,11-8-. The SMILES string of the molecule is C=C/C=C\C(=C/CC)CCC. The van der Waals surface area contributed by atoms with E-state index in [1.807, 2.05) is 12.2 Å². The first-order valence-electron chi connectivity index (χ1n) is 4.33. The van der Waals surface area contributed by atoms with Crippen molar-refractivity contribution in [2.24, 2.45) is 0 Å². The summed E-state index contributed by atoms with van der Waals surface area (Å²) < 4.78 is 0. The minimum Gasteiger partial charge on any atom is -0.0991 e. The Morgan fingerprint density at radius 2 is 2.09 bits per heavy atom. The molecule has 0 aromatic carbocycles. The summed E-state index contributed by atoms with van der Waals surface area (Å²) in [6, 6.07) is 0. The average Bonchev–Trinajstić information content (AvgIpc) is 2.01. The van der Waals surface area contributed by atoms with Crippen LogP contribution in [-0.4, -0.2) is 0 Å². The van der Waals surface area contributed by atoms with Crippen LogP contribution in [0, 0.1) is 0 Å². The molecule has 0 N–H and O–H groups in total. The second-order valence-electron chi connectivity index (χ2n) is 2.53. The van der Waals surface area contributed by atoms with E-state index in [1.165, 1.54) is 18.4 Å². The molecule has 0 fully saturated rings. The maximum Gasteiger partial charge on any atom is -0.0285 e. The van der Waals surface area contributed by atoms with Crippen LogP contribution in [0.2, 0.25) is 0 Å². The summed E-state index contributed by atoms with van der Waals surface area (Å²) >= 11 is 0.